The normalized spacial score (nSPS) is 17.2. The van der Waals surface area contributed by atoms with Gasteiger partial charge in [-0.05, 0) is 37.3 Å². The number of rotatable bonds is 4. The minimum absolute atomic E-state index is 0.192. The summed E-state index contributed by atoms with van der Waals surface area (Å²) in [5, 5.41) is 9.93. The van der Waals surface area contributed by atoms with Crippen molar-refractivity contribution in [2.75, 3.05) is 11.9 Å². The Morgan fingerprint density at radius 2 is 2.23 bits per heavy atom. The molecule has 22 heavy (non-hydrogen) atoms. The minimum atomic E-state index is -0.192. The summed E-state index contributed by atoms with van der Waals surface area (Å²) in [6.07, 6.45) is 10.7. The summed E-state index contributed by atoms with van der Waals surface area (Å²) in [7, 11) is 0. The van der Waals surface area contributed by atoms with Crippen LogP contribution in [0.25, 0.3) is 5.69 Å². The molecule has 1 heterocycles. The first kappa shape index (κ1) is 14.3. The van der Waals surface area contributed by atoms with Gasteiger partial charge in [0.15, 0.2) is 0 Å². The Morgan fingerprint density at radius 1 is 1.32 bits per heavy atom. The van der Waals surface area contributed by atoms with E-state index in [4.69, 9.17) is 0 Å². The van der Waals surface area contributed by atoms with E-state index in [2.05, 4.69) is 32.9 Å². The number of nitrogens with zero attached hydrogens (tertiary/aromatic N) is 3. The second-order valence-corrected chi connectivity index (χ2v) is 5.34. The Kier molecular flexibility index (Phi) is 4.48. The van der Waals surface area contributed by atoms with Gasteiger partial charge >= 0.3 is 6.03 Å². The van der Waals surface area contributed by atoms with Crippen LogP contribution in [0.15, 0.2) is 49.1 Å². The van der Waals surface area contributed by atoms with Crippen LogP contribution in [0.2, 0.25) is 0 Å². The first-order valence-corrected chi connectivity index (χ1v) is 7.47. The predicted octanol–water partition coefficient (Wildman–Crippen LogP) is 2.75. The topological polar surface area (TPSA) is 71.8 Å². The fraction of sp³-hybridized carbons (Fsp3) is 0.312. The summed E-state index contributed by atoms with van der Waals surface area (Å²) in [6.45, 7) is 0.696. The third-order valence-corrected chi connectivity index (χ3v) is 3.75. The summed E-state index contributed by atoms with van der Waals surface area (Å²) in [5.74, 6) is 0.529. The van der Waals surface area contributed by atoms with Gasteiger partial charge in [0.2, 0.25) is 0 Å². The van der Waals surface area contributed by atoms with Gasteiger partial charge in [-0.25, -0.2) is 14.5 Å². The highest BCUT2D eigenvalue weighted by Gasteiger charge is 2.12. The Balaban J connectivity index is 1.61. The van der Waals surface area contributed by atoms with Gasteiger partial charge in [0.25, 0.3) is 0 Å². The highest BCUT2D eigenvalue weighted by molar-refractivity contribution is 5.91. The van der Waals surface area contributed by atoms with Crippen LogP contribution in [0, 0.1) is 5.92 Å². The van der Waals surface area contributed by atoms with E-state index in [1.165, 1.54) is 6.33 Å². The van der Waals surface area contributed by atoms with Crippen molar-refractivity contribution in [3.63, 3.8) is 0 Å². The number of anilines is 1. The number of para-hydroxylation sites is 2. The molecule has 1 unspecified atom stereocenters. The number of allylic oxidation sites excluding steroid dienone is 2. The van der Waals surface area contributed by atoms with E-state index < -0.39 is 0 Å². The molecule has 2 N–H and O–H groups in total. The number of carbonyl (C=O) groups excluding carboxylic acids is 1. The number of benzene rings is 1. The summed E-state index contributed by atoms with van der Waals surface area (Å²) < 4.78 is 1.63. The average molecular weight is 297 g/mol. The number of amides is 2. The zero-order valence-electron chi connectivity index (χ0n) is 12.3. The Bertz CT molecular complexity index is 650. The van der Waals surface area contributed by atoms with Crippen molar-refractivity contribution in [1.82, 2.24) is 20.1 Å². The minimum Gasteiger partial charge on any atom is -0.338 e. The van der Waals surface area contributed by atoms with Crippen LogP contribution in [0.1, 0.15) is 19.3 Å². The lowest BCUT2D eigenvalue weighted by Crippen LogP contribution is -2.33. The molecule has 1 aromatic carbocycles. The lowest BCUT2D eigenvalue weighted by molar-refractivity contribution is 0.249. The average Bonchev–Trinajstić information content (AvgIpc) is 3.09. The Morgan fingerprint density at radius 3 is 3.00 bits per heavy atom. The van der Waals surface area contributed by atoms with Crippen molar-refractivity contribution in [2.45, 2.75) is 19.3 Å². The first-order valence-electron chi connectivity index (χ1n) is 7.47. The van der Waals surface area contributed by atoms with Crippen molar-refractivity contribution in [1.29, 1.82) is 0 Å². The molecule has 0 aliphatic heterocycles. The number of hydrogen-bond acceptors (Lipinski definition) is 3. The first-order chi connectivity index (χ1) is 10.8. The molecule has 2 amide bonds. The van der Waals surface area contributed by atoms with Gasteiger partial charge in [-0.2, -0.15) is 5.10 Å². The van der Waals surface area contributed by atoms with Crippen LogP contribution in [-0.4, -0.2) is 27.3 Å². The number of hydrogen-bond donors (Lipinski definition) is 2. The van der Waals surface area contributed by atoms with Gasteiger partial charge in [-0.3, -0.25) is 0 Å². The third kappa shape index (κ3) is 3.52. The van der Waals surface area contributed by atoms with E-state index >= 15 is 0 Å². The second-order valence-electron chi connectivity index (χ2n) is 5.34. The number of carbonyl (C=O) groups is 1. The largest absolute Gasteiger partial charge is 0.338 e. The lowest BCUT2D eigenvalue weighted by atomic mass is 9.94. The molecule has 6 heteroatoms. The van der Waals surface area contributed by atoms with Crippen LogP contribution in [0.4, 0.5) is 10.5 Å². The molecule has 1 aliphatic carbocycles. The van der Waals surface area contributed by atoms with E-state index in [9.17, 15) is 4.79 Å². The molecule has 0 spiro atoms. The maximum Gasteiger partial charge on any atom is 0.319 e. The second kappa shape index (κ2) is 6.89. The third-order valence-electron chi connectivity index (χ3n) is 3.75. The monoisotopic (exact) mass is 297 g/mol. The van der Waals surface area contributed by atoms with Crippen molar-refractivity contribution in [3.8, 4) is 5.69 Å². The van der Waals surface area contributed by atoms with Crippen molar-refractivity contribution in [3.05, 3.63) is 49.1 Å². The van der Waals surface area contributed by atoms with E-state index in [-0.39, 0.29) is 6.03 Å². The smallest absolute Gasteiger partial charge is 0.319 e. The van der Waals surface area contributed by atoms with E-state index in [1.54, 1.807) is 11.0 Å². The molecule has 0 saturated carbocycles. The van der Waals surface area contributed by atoms with Gasteiger partial charge < -0.3 is 10.6 Å². The van der Waals surface area contributed by atoms with Crippen molar-refractivity contribution >= 4 is 11.7 Å². The van der Waals surface area contributed by atoms with Crippen LogP contribution in [-0.2, 0) is 0 Å². The predicted molar refractivity (Wildman–Crippen MR) is 84.9 cm³/mol. The zero-order valence-corrected chi connectivity index (χ0v) is 12.3. The molecule has 0 saturated heterocycles. The molecule has 1 atom stereocenters. The van der Waals surface area contributed by atoms with Gasteiger partial charge in [-0.1, -0.05) is 24.3 Å². The maximum atomic E-state index is 12.1. The molecule has 1 aliphatic rings. The summed E-state index contributed by atoms with van der Waals surface area (Å²) in [5.41, 5.74) is 1.49. The molecular formula is C16H19N5O. The molecule has 6 nitrogen and oxygen atoms in total. The number of urea groups is 1. The number of nitrogens with one attached hydrogen (secondary N) is 2. The maximum absolute atomic E-state index is 12.1. The van der Waals surface area contributed by atoms with E-state index in [0.717, 1.165) is 24.9 Å². The van der Waals surface area contributed by atoms with E-state index in [1.807, 2.05) is 24.3 Å². The summed E-state index contributed by atoms with van der Waals surface area (Å²) in [4.78, 5) is 16.0. The highest BCUT2D eigenvalue weighted by Crippen LogP contribution is 2.19. The van der Waals surface area contributed by atoms with Crippen molar-refractivity contribution in [2.24, 2.45) is 5.92 Å². The molecule has 0 radical (unpaired) electrons. The van der Waals surface area contributed by atoms with Gasteiger partial charge in [0, 0.05) is 6.54 Å². The summed E-state index contributed by atoms with van der Waals surface area (Å²) in [6, 6.07) is 7.31. The van der Waals surface area contributed by atoms with Crippen LogP contribution in [0.3, 0.4) is 0 Å². The lowest BCUT2D eigenvalue weighted by Gasteiger charge is -2.18. The molecule has 0 bridgehead atoms. The molecule has 3 rings (SSSR count). The SMILES string of the molecule is O=C(NCC1CC=CCC1)Nc1ccccc1-n1cncn1. The van der Waals surface area contributed by atoms with E-state index in [0.29, 0.717) is 18.2 Å². The van der Waals surface area contributed by atoms with Crippen LogP contribution < -0.4 is 10.6 Å². The van der Waals surface area contributed by atoms with Crippen molar-refractivity contribution < 1.29 is 4.79 Å². The molecule has 1 aromatic heterocycles. The molecule has 0 fully saturated rings. The Hall–Kier alpha value is -2.63. The fourth-order valence-electron chi connectivity index (χ4n) is 2.56. The molecule has 2 aromatic rings. The highest BCUT2D eigenvalue weighted by atomic mass is 16.2. The summed E-state index contributed by atoms with van der Waals surface area (Å²) >= 11 is 0. The molecular weight excluding hydrogens is 278 g/mol. The Labute approximate surface area is 129 Å². The quantitative estimate of drug-likeness (QED) is 0.852. The fourth-order valence-corrected chi connectivity index (χ4v) is 2.56. The van der Waals surface area contributed by atoms with Gasteiger partial charge in [-0.15, -0.1) is 0 Å². The number of aromatic nitrogens is 3. The van der Waals surface area contributed by atoms with Crippen LogP contribution >= 0.6 is 0 Å². The standard InChI is InChI=1S/C16H19N5O/c22-16(18-10-13-6-2-1-3-7-13)20-14-8-4-5-9-15(14)21-12-17-11-19-21/h1-2,4-5,8-9,11-13H,3,6-7,10H2,(H2,18,20,22). The zero-order chi connectivity index (χ0) is 15.2. The van der Waals surface area contributed by atoms with Gasteiger partial charge in [0.05, 0.1) is 11.4 Å². The van der Waals surface area contributed by atoms with Gasteiger partial charge in [0.1, 0.15) is 12.7 Å². The molecule has 114 valence electrons. The van der Waals surface area contributed by atoms with Crippen LogP contribution in [0.5, 0.6) is 0 Å².